The number of hydrogen-bond donors (Lipinski definition) is 1. The molecule has 0 bridgehead atoms. The van der Waals surface area contributed by atoms with E-state index >= 15 is 0 Å². The van der Waals surface area contributed by atoms with Gasteiger partial charge in [0, 0.05) is 12.2 Å². The van der Waals surface area contributed by atoms with E-state index in [-0.39, 0.29) is 12.6 Å². The van der Waals surface area contributed by atoms with Crippen LogP contribution in [0.2, 0.25) is 0 Å². The third kappa shape index (κ3) is 22.9. The molecule has 0 aliphatic heterocycles. The number of benzene rings is 4. The summed E-state index contributed by atoms with van der Waals surface area (Å²) in [5.74, 6) is -0.364. The molecule has 66 heavy (non-hydrogen) atoms. The van der Waals surface area contributed by atoms with Crippen molar-refractivity contribution in [2.75, 3.05) is 157 Å². The minimum absolute atomic E-state index is 0.185. The number of esters is 1. The Hall–Kier alpha value is -4.29. The van der Waals surface area contributed by atoms with Gasteiger partial charge in [0.2, 0.25) is 0 Å². The minimum Gasteiger partial charge on any atom is -0.460 e. The number of unbranched alkanes of at least 4 members (excludes halogenated alkanes) is 1. The Morgan fingerprint density at radius 3 is 1.02 bits per heavy atom. The second-order valence-corrected chi connectivity index (χ2v) is 14.7. The van der Waals surface area contributed by atoms with Crippen LogP contribution in [0.5, 0.6) is 0 Å². The highest BCUT2D eigenvalue weighted by Crippen LogP contribution is 2.40. The van der Waals surface area contributed by atoms with E-state index in [0.717, 1.165) is 41.8 Å². The highest BCUT2D eigenvalue weighted by Gasteiger charge is 2.37. The number of carbonyl (C=O) groups is 1. The molecule has 0 saturated heterocycles. The lowest BCUT2D eigenvalue weighted by molar-refractivity contribution is -0.0399. The van der Waals surface area contributed by atoms with Gasteiger partial charge in [-0.15, -0.1) is 0 Å². The zero-order valence-corrected chi connectivity index (χ0v) is 39.0. The van der Waals surface area contributed by atoms with E-state index in [9.17, 15) is 4.79 Å². The highest BCUT2D eigenvalue weighted by atomic mass is 16.6. The van der Waals surface area contributed by atoms with Crippen molar-refractivity contribution in [1.29, 1.82) is 0 Å². The first-order valence-corrected chi connectivity index (χ1v) is 23.3. The van der Waals surface area contributed by atoms with Crippen LogP contribution in [0.15, 0.2) is 115 Å². The molecular formula is C52H73NO13. The predicted octanol–water partition coefficient (Wildman–Crippen LogP) is 7.23. The Morgan fingerprint density at radius 1 is 0.394 bits per heavy atom. The summed E-state index contributed by atoms with van der Waals surface area (Å²) in [6, 6.07) is 38.3. The molecule has 0 aliphatic carbocycles. The van der Waals surface area contributed by atoms with Crippen LogP contribution in [-0.2, 0) is 62.4 Å². The standard InChI is InChI=1S/C52H73NO13/c1-2-3-23-53-50-21-19-46(20-22-50)51(54)65-44-42-63-40-38-61-36-34-59-32-30-57-28-26-55-24-25-56-27-29-58-31-33-60-35-37-62-39-41-64-43-45-66-52(47-13-7-4-8-14-47,48-15-9-5-10-16-48)49-17-11-6-12-18-49/h4-22,53H,2-3,23-45H2,1H3. The summed E-state index contributed by atoms with van der Waals surface area (Å²) in [5.41, 5.74) is 3.94. The number of rotatable bonds is 42. The van der Waals surface area contributed by atoms with Crippen molar-refractivity contribution in [2.45, 2.75) is 25.4 Å². The first-order valence-electron chi connectivity index (χ1n) is 23.3. The van der Waals surface area contributed by atoms with Gasteiger partial charge in [0.15, 0.2) is 0 Å². The van der Waals surface area contributed by atoms with Crippen LogP contribution in [0.1, 0.15) is 46.8 Å². The van der Waals surface area contributed by atoms with E-state index in [0.29, 0.717) is 144 Å². The van der Waals surface area contributed by atoms with Gasteiger partial charge in [0.1, 0.15) is 12.2 Å². The molecule has 1 N–H and O–H groups in total. The average Bonchev–Trinajstić information content (AvgIpc) is 3.36. The highest BCUT2D eigenvalue weighted by molar-refractivity contribution is 5.89. The van der Waals surface area contributed by atoms with E-state index in [2.05, 4.69) is 48.6 Å². The van der Waals surface area contributed by atoms with Crippen molar-refractivity contribution >= 4 is 11.7 Å². The Balaban J connectivity index is 0.831. The largest absolute Gasteiger partial charge is 0.460 e. The fourth-order valence-electron chi connectivity index (χ4n) is 6.51. The second kappa shape index (κ2) is 36.8. The lowest BCUT2D eigenvalue weighted by Crippen LogP contribution is -2.34. The Labute approximate surface area is 392 Å². The van der Waals surface area contributed by atoms with Gasteiger partial charge in [0.25, 0.3) is 0 Å². The molecule has 0 heterocycles. The topological polar surface area (TPSA) is 140 Å². The van der Waals surface area contributed by atoms with E-state index in [1.165, 1.54) is 0 Å². The summed E-state index contributed by atoms with van der Waals surface area (Å²) in [6.07, 6.45) is 2.24. The number of carbonyl (C=O) groups excluding carboxylic acids is 1. The maximum absolute atomic E-state index is 12.2. The summed E-state index contributed by atoms with van der Waals surface area (Å²) < 4.78 is 67.8. The third-order valence-corrected chi connectivity index (χ3v) is 9.88. The lowest BCUT2D eigenvalue weighted by atomic mass is 9.80. The van der Waals surface area contributed by atoms with Crippen LogP contribution in [0.3, 0.4) is 0 Å². The van der Waals surface area contributed by atoms with Crippen LogP contribution >= 0.6 is 0 Å². The van der Waals surface area contributed by atoms with Crippen molar-refractivity contribution in [3.8, 4) is 0 Å². The van der Waals surface area contributed by atoms with E-state index in [4.69, 9.17) is 56.8 Å². The summed E-state index contributed by atoms with van der Waals surface area (Å²) in [4.78, 5) is 12.2. The average molecular weight is 920 g/mol. The van der Waals surface area contributed by atoms with Gasteiger partial charge in [-0.25, -0.2) is 4.79 Å². The van der Waals surface area contributed by atoms with Gasteiger partial charge in [-0.3, -0.25) is 0 Å². The molecule has 0 unspecified atom stereocenters. The van der Waals surface area contributed by atoms with Gasteiger partial charge in [0.05, 0.1) is 144 Å². The molecule has 14 nitrogen and oxygen atoms in total. The molecular weight excluding hydrogens is 847 g/mol. The molecule has 0 saturated carbocycles. The quantitative estimate of drug-likeness (QED) is 0.0272. The summed E-state index contributed by atoms with van der Waals surface area (Å²) in [5, 5.41) is 3.32. The van der Waals surface area contributed by atoms with Crippen LogP contribution < -0.4 is 5.32 Å². The molecule has 4 aromatic carbocycles. The van der Waals surface area contributed by atoms with Crippen LogP contribution in [-0.4, -0.2) is 158 Å². The van der Waals surface area contributed by atoms with Crippen molar-refractivity contribution in [1.82, 2.24) is 0 Å². The number of nitrogens with one attached hydrogen (secondary N) is 1. The second-order valence-electron chi connectivity index (χ2n) is 14.7. The van der Waals surface area contributed by atoms with Gasteiger partial charge in [-0.05, 0) is 47.4 Å². The SMILES string of the molecule is CCCCNc1ccc(C(=O)OCCOCCOCCOCCOCCOCCOCCOCCOCCOCCOCCOC(c2ccccc2)(c2ccccc2)c2ccccc2)cc1. The predicted molar refractivity (Wildman–Crippen MR) is 253 cm³/mol. The molecule has 0 fully saturated rings. The zero-order chi connectivity index (χ0) is 46.3. The van der Waals surface area contributed by atoms with Crippen LogP contribution in [0, 0.1) is 0 Å². The summed E-state index contributed by atoms with van der Waals surface area (Å²) >= 11 is 0. The first kappa shape index (κ1) is 54.3. The third-order valence-electron chi connectivity index (χ3n) is 9.88. The van der Waals surface area contributed by atoms with Crippen molar-refractivity contribution in [3.05, 3.63) is 138 Å². The summed E-state index contributed by atoms with van der Waals surface area (Å²) in [6.45, 7) is 12.9. The molecule has 14 heteroatoms. The van der Waals surface area contributed by atoms with E-state index < -0.39 is 5.60 Å². The van der Waals surface area contributed by atoms with Gasteiger partial charge < -0.3 is 62.2 Å². The number of anilines is 1. The molecule has 4 rings (SSSR count). The van der Waals surface area contributed by atoms with Gasteiger partial charge in [-0.1, -0.05) is 104 Å². The van der Waals surface area contributed by atoms with Crippen LogP contribution in [0.25, 0.3) is 0 Å². The minimum atomic E-state index is -0.759. The molecule has 0 aromatic heterocycles. The molecule has 0 aliphatic rings. The molecule has 0 atom stereocenters. The normalized spacial score (nSPS) is 11.5. The fraction of sp³-hybridized carbons (Fsp3) is 0.519. The monoisotopic (exact) mass is 920 g/mol. The molecule has 4 aromatic rings. The number of hydrogen-bond acceptors (Lipinski definition) is 14. The van der Waals surface area contributed by atoms with Gasteiger partial charge in [-0.2, -0.15) is 0 Å². The van der Waals surface area contributed by atoms with E-state index in [1.54, 1.807) is 12.1 Å². The van der Waals surface area contributed by atoms with Crippen LogP contribution in [0.4, 0.5) is 5.69 Å². The Bertz CT molecular complexity index is 1620. The smallest absolute Gasteiger partial charge is 0.338 e. The molecule has 364 valence electrons. The fourth-order valence-corrected chi connectivity index (χ4v) is 6.51. The van der Waals surface area contributed by atoms with E-state index in [1.807, 2.05) is 66.7 Å². The first-order chi connectivity index (χ1) is 32.7. The summed E-state index contributed by atoms with van der Waals surface area (Å²) in [7, 11) is 0. The molecule has 0 radical (unpaired) electrons. The van der Waals surface area contributed by atoms with Crippen molar-refractivity contribution in [3.63, 3.8) is 0 Å². The number of ether oxygens (including phenoxy) is 12. The Kier molecular flexibility index (Phi) is 30.3. The molecule has 0 amide bonds. The lowest BCUT2D eigenvalue weighted by Gasteiger charge is -2.36. The Morgan fingerprint density at radius 2 is 0.697 bits per heavy atom. The van der Waals surface area contributed by atoms with Crippen molar-refractivity contribution < 1.29 is 61.6 Å². The van der Waals surface area contributed by atoms with Crippen molar-refractivity contribution in [2.24, 2.45) is 0 Å². The zero-order valence-electron chi connectivity index (χ0n) is 39.0. The molecule has 0 spiro atoms. The maximum Gasteiger partial charge on any atom is 0.338 e. The maximum atomic E-state index is 12.2. The van der Waals surface area contributed by atoms with Gasteiger partial charge >= 0.3 is 5.97 Å².